The maximum Gasteiger partial charge on any atom is 0.171 e. The van der Waals surface area contributed by atoms with Crippen LogP contribution in [0.3, 0.4) is 0 Å². The highest BCUT2D eigenvalue weighted by Gasteiger charge is 2.17. The van der Waals surface area contributed by atoms with Crippen LogP contribution in [-0.4, -0.2) is 15.6 Å². The molecule has 21 heavy (non-hydrogen) atoms. The van der Waals surface area contributed by atoms with Gasteiger partial charge >= 0.3 is 0 Å². The normalized spacial score (nSPS) is 11.0. The fraction of sp³-hybridized carbons (Fsp3) is 0.125. The van der Waals surface area contributed by atoms with Crippen molar-refractivity contribution in [2.45, 2.75) is 6.42 Å². The van der Waals surface area contributed by atoms with Gasteiger partial charge in [0.2, 0.25) is 0 Å². The van der Waals surface area contributed by atoms with Crippen LogP contribution in [0.1, 0.15) is 16.1 Å². The molecule has 2 aromatic carbocycles. The summed E-state index contributed by atoms with van der Waals surface area (Å²) in [6.45, 7) is 0. The van der Waals surface area contributed by atoms with Crippen LogP contribution in [0.4, 0.5) is 4.39 Å². The molecule has 0 amide bonds. The Labute approximate surface area is 126 Å². The van der Waals surface area contributed by atoms with E-state index in [1.54, 1.807) is 4.68 Å². The molecule has 0 aliphatic heterocycles. The van der Waals surface area contributed by atoms with E-state index in [4.69, 9.17) is 11.6 Å². The predicted octanol–water partition coefficient (Wildman–Crippen LogP) is 3.79. The summed E-state index contributed by atoms with van der Waals surface area (Å²) in [7, 11) is 1.82. The van der Waals surface area contributed by atoms with Gasteiger partial charge in [-0.2, -0.15) is 5.10 Å². The maximum absolute atomic E-state index is 13.7. The van der Waals surface area contributed by atoms with E-state index in [0.29, 0.717) is 10.7 Å². The molecule has 106 valence electrons. The molecule has 0 saturated heterocycles. The first kappa shape index (κ1) is 13.8. The topological polar surface area (TPSA) is 34.9 Å². The summed E-state index contributed by atoms with van der Waals surface area (Å²) < 4.78 is 15.5. The van der Waals surface area contributed by atoms with Gasteiger partial charge < -0.3 is 0 Å². The highest BCUT2D eigenvalue weighted by Crippen LogP contribution is 2.21. The average molecular weight is 303 g/mol. The van der Waals surface area contributed by atoms with E-state index in [9.17, 15) is 9.18 Å². The molecule has 0 aliphatic carbocycles. The summed E-state index contributed by atoms with van der Waals surface area (Å²) in [5.74, 6) is -0.900. The third kappa shape index (κ3) is 2.54. The lowest BCUT2D eigenvalue weighted by Gasteiger charge is -2.02. The summed E-state index contributed by atoms with van der Waals surface area (Å²) in [5.41, 5.74) is 1.57. The van der Waals surface area contributed by atoms with E-state index < -0.39 is 5.82 Å². The lowest BCUT2D eigenvalue weighted by atomic mass is 10.0. The van der Waals surface area contributed by atoms with Crippen LogP contribution in [-0.2, 0) is 13.5 Å². The number of carbonyl (C=O) groups excluding carboxylic acids is 1. The number of hydrogen-bond acceptors (Lipinski definition) is 2. The van der Waals surface area contributed by atoms with Crippen LogP contribution in [0.2, 0.25) is 5.02 Å². The number of aryl methyl sites for hydroxylation is 1. The SMILES string of the molecule is Cn1nc(CC(=O)c2cc(Cl)ccc2F)c2ccccc21. The largest absolute Gasteiger partial charge is 0.294 e. The Morgan fingerprint density at radius 3 is 2.86 bits per heavy atom. The van der Waals surface area contributed by atoms with Crippen molar-refractivity contribution in [1.29, 1.82) is 0 Å². The Bertz CT molecular complexity index is 841. The maximum atomic E-state index is 13.7. The first-order valence-electron chi connectivity index (χ1n) is 6.45. The minimum atomic E-state index is -0.565. The molecule has 0 radical (unpaired) electrons. The Balaban J connectivity index is 1.99. The number of fused-ring (bicyclic) bond motifs is 1. The molecule has 0 atom stereocenters. The zero-order chi connectivity index (χ0) is 15.0. The molecular formula is C16H12ClFN2O. The second-order valence-corrected chi connectivity index (χ2v) is 5.25. The lowest BCUT2D eigenvalue weighted by Crippen LogP contribution is -2.07. The number of nitrogens with zero attached hydrogens (tertiary/aromatic N) is 2. The zero-order valence-electron chi connectivity index (χ0n) is 11.3. The second kappa shape index (κ2) is 5.30. The summed E-state index contributed by atoms with van der Waals surface area (Å²) in [5, 5.41) is 5.59. The Hall–Kier alpha value is -2.20. The van der Waals surface area contributed by atoms with E-state index in [2.05, 4.69) is 5.10 Å². The number of halogens is 2. The quantitative estimate of drug-likeness (QED) is 0.690. The van der Waals surface area contributed by atoms with Crippen molar-refractivity contribution >= 4 is 28.3 Å². The molecule has 1 aromatic heterocycles. The first-order chi connectivity index (χ1) is 10.1. The van der Waals surface area contributed by atoms with Gasteiger partial charge in [0, 0.05) is 17.5 Å². The molecule has 0 saturated carbocycles. The highest BCUT2D eigenvalue weighted by molar-refractivity contribution is 6.31. The van der Waals surface area contributed by atoms with Gasteiger partial charge in [-0.25, -0.2) is 4.39 Å². The third-order valence-electron chi connectivity index (χ3n) is 3.39. The smallest absolute Gasteiger partial charge is 0.171 e. The summed E-state index contributed by atoms with van der Waals surface area (Å²) >= 11 is 5.82. The molecule has 0 fully saturated rings. The van der Waals surface area contributed by atoms with Crippen molar-refractivity contribution in [2.75, 3.05) is 0 Å². The lowest BCUT2D eigenvalue weighted by molar-refractivity contribution is 0.0988. The molecule has 0 N–H and O–H groups in total. The van der Waals surface area contributed by atoms with Crippen LogP contribution in [0.5, 0.6) is 0 Å². The fourth-order valence-corrected chi connectivity index (χ4v) is 2.55. The molecule has 0 bridgehead atoms. The van der Waals surface area contributed by atoms with Crippen LogP contribution in [0.25, 0.3) is 10.9 Å². The number of ketones is 1. The van der Waals surface area contributed by atoms with E-state index in [1.165, 1.54) is 18.2 Å². The monoisotopic (exact) mass is 302 g/mol. The third-order valence-corrected chi connectivity index (χ3v) is 3.63. The number of rotatable bonds is 3. The van der Waals surface area contributed by atoms with E-state index in [1.807, 2.05) is 31.3 Å². The standard InChI is InChI=1S/C16H12ClFN2O/c1-20-15-5-3-2-4-11(15)14(19-20)9-16(21)12-8-10(17)6-7-13(12)18/h2-8H,9H2,1H3. The van der Waals surface area contributed by atoms with Crippen LogP contribution in [0.15, 0.2) is 42.5 Å². The first-order valence-corrected chi connectivity index (χ1v) is 6.83. The number of carbonyl (C=O) groups is 1. The number of hydrogen-bond donors (Lipinski definition) is 0. The minimum absolute atomic E-state index is 0.00256. The number of benzene rings is 2. The zero-order valence-corrected chi connectivity index (χ0v) is 12.1. The number of Topliss-reactive ketones (excluding diaryl/α,β-unsaturated/α-hetero) is 1. The van der Waals surface area contributed by atoms with Gasteiger partial charge in [0.25, 0.3) is 0 Å². The molecule has 3 nitrogen and oxygen atoms in total. The second-order valence-electron chi connectivity index (χ2n) is 4.81. The highest BCUT2D eigenvalue weighted by atomic mass is 35.5. The summed E-state index contributed by atoms with van der Waals surface area (Å²) in [6.07, 6.45) is 0.0403. The van der Waals surface area contributed by atoms with Crippen molar-refractivity contribution in [3.8, 4) is 0 Å². The number of para-hydroxylation sites is 1. The Morgan fingerprint density at radius 2 is 2.05 bits per heavy atom. The Kier molecular flexibility index (Phi) is 3.47. The van der Waals surface area contributed by atoms with Crippen LogP contribution < -0.4 is 0 Å². The van der Waals surface area contributed by atoms with Gasteiger partial charge in [-0.05, 0) is 24.3 Å². The van der Waals surface area contributed by atoms with E-state index in [0.717, 1.165) is 10.9 Å². The van der Waals surface area contributed by atoms with E-state index in [-0.39, 0.29) is 17.8 Å². The van der Waals surface area contributed by atoms with Crippen molar-refractivity contribution in [3.05, 3.63) is 64.6 Å². The molecule has 0 spiro atoms. The summed E-state index contributed by atoms with van der Waals surface area (Å²) in [4.78, 5) is 12.3. The minimum Gasteiger partial charge on any atom is -0.294 e. The van der Waals surface area contributed by atoms with Crippen molar-refractivity contribution in [2.24, 2.45) is 7.05 Å². The fourth-order valence-electron chi connectivity index (χ4n) is 2.38. The van der Waals surface area contributed by atoms with Crippen molar-refractivity contribution in [1.82, 2.24) is 9.78 Å². The van der Waals surface area contributed by atoms with Crippen LogP contribution in [0, 0.1) is 5.82 Å². The molecular weight excluding hydrogens is 291 g/mol. The van der Waals surface area contributed by atoms with Crippen molar-refractivity contribution in [3.63, 3.8) is 0 Å². The van der Waals surface area contributed by atoms with Gasteiger partial charge in [0.15, 0.2) is 5.78 Å². The van der Waals surface area contributed by atoms with Crippen LogP contribution >= 0.6 is 11.6 Å². The molecule has 0 aliphatic rings. The van der Waals surface area contributed by atoms with E-state index >= 15 is 0 Å². The molecule has 0 unspecified atom stereocenters. The number of aromatic nitrogens is 2. The predicted molar refractivity (Wildman–Crippen MR) is 80.2 cm³/mol. The van der Waals surface area contributed by atoms with Gasteiger partial charge in [0.05, 0.1) is 23.2 Å². The molecule has 5 heteroatoms. The summed E-state index contributed by atoms with van der Waals surface area (Å²) in [6, 6.07) is 11.6. The van der Waals surface area contributed by atoms with Gasteiger partial charge in [-0.15, -0.1) is 0 Å². The van der Waals surface area contributed by atoms with Gasteiger partial charge in [-0.1, -0.05) is 29.8 Å². The average Bonchev–Trinajstić information content (AvgIpc) is 2.78. The van der Waals surface area contributed by atoms with Gasteiger partial charge in [-0.3, -0.25) is 9.48 Å². The Morgan fingerprint density at radius 1 is 1.29 bits per heavy atom. The molecule has 3 aromatic rings. The van der Waals surface area contributed by atoms with Gasteiger partial charge in [0.1, 0.15) is 5.82 Å². The molecule has 1 heterocycles. The molecule has 3 rings (SSSR count). The van der Waals surface area contributed by atoms with Crippen molar-refractivity contribution < 1.29 is 9.18 Å².